The monoisotopic (exact) mass is 272 g/mol. The van der Waals surface area contributed by atoms with Crippen molar-refractivity contribution in [2.24, 2.45) is 0 Å². The van der Waals surface area contributed by atoms with Crippen molar-refractivity contribution in [1.29, 1.82) is 5.26 Å². The number of hydrogen-bond acceptors (Lipinski definition) is 3. The Morgan fingerprint density at radius 2 is 2.00 bits per heavy atom. The molecule has 0 bridgehead atoms. The summed E-state index contributed by atoms with van der Waals surface area (Å²) in [4.78, 5) is 11.9. The maximum absolute atomic E-state index is 11.9. The molecule has 0 fully saturated rings. The molecule has 0 aromatic heterocycles. The van der Waals surface area contributed by atoms with Crippen LogP contribution in [0.25, 0.3) is 6.08 Å². The Hall–Kier alpha value is -2.12. The van der Waals surface area contributed by atoms with Crippen molar-refractivity contribution >= 4 is 12.0 Å². The number of carbonyl (C=O) groups is 1. The maximum Gasteiger partial charge on any atom is 0.244 e. The molecule has 106 valence electrons. The minimum Gasteiger partial charge on any atom is -0.388 e. The molecule has 2 N–H and O–H groups in total. The molecule has 1 aromatic rings. The van der Waals surface area contributed by atoms with Gasteiger partial charge < -0.3 is 10.4 Å². The Bertz CT molecular complexity index is 561. The minimum absolute atomic E-state index is 0.292. The Morgan fingerprint density at radius 3 is 2.55 bits per heavy atom. The highest BCUT2D eigenvalue weighted by molar-refractivity contribution is 5.92. The van der Waals surface area contributed by atoms with Crippen molar-refractivity contribution in [3.05, 3.63) is 41.5 Å². The second kappa shape index (κ2) is 5.89. The lowest BCUT2D eigenvalue weighted by Crippen LogP contribution is -2.57. The molecule has 0 saturated heterocycles. The second-order valence-corrected chi connectivity index (χ2v) is 5.74. The van der Waals surface area contributed by atoms with E-state index < -0.39 is 11.1 Å². The van der Waals surface area contributed by atoms with E-state index in [1.807, 2.05) is 12.1 Å². The quantitative estimate of drug-likeness (QED) is 0.825. The van der Waals surface area contributed by atoms with Crippen LogP contribution < -0.4 is 5.32 Å². The highest BCUT2D eigenvalue weighted by Crippen LogP contribution is 2.20. The average molecular weight is 272 g/mol. The summed E-state index contributed by atoms with van der Waals surface area (Å²) in [6.07, 6.45) is 3.03. The van der Waals surface area contributed by atoms with Gasteiger partial charge in [-0.05, 0) is 51.5 Å². The molecule has 0 saturated carbocycles. The van der Waals surface area contributed by atoms with E-state index in [2.05, 4.69) is 5.32 Å². The van der Waals surface area contributed by atoms with Crippen molar-refractivity contribution in [1.82, 2.24) is 5.32 Å². The molecule has 4 nitrogen and oxygen atoms in total. The number of aliphatic hydroxyl groups is 1. The van der Waals surface area contributed by atoms with Gasteiger partial charge in [-0.2, -0.15) is 5.26 Å². The third-order valence-electron chi connectivity index (χ3n) is 3.41. The second-order valence-electron chi connectivity index (χ2n) is 5.74. The van der Waals surface area contributed by atoms with Gasteiger partial charge in [-0.1, -0.05) is 12.1 Å². The van der Waals surface area contributed by atoms with Gasteiger partial charge in [-0.3, -0.25) is 4.79 Å². The van der Waals surface area contributed by atoms with E-state index in [0.29, 0.717) is 5.56 Å². The summed E-state index contributed by atoms with van der Waals surface area (Å²) in [5.74, 6) is -0.292. The van der Waals surface area contributed by atoms with Crippen LogP contribution in [-0.2, 0) is 4.79 Å². The van der Waals surface area contributed by atoms with E-state index in [-0.39, 0.29) is 5.91 Å². The van der Waals surface area contributed by atoms with Crippen molar-refractivity contribution in [3.63, 3.8) is 0 Å². The highest BCUT2D eigenvalue weighted by atomic mass is 16.3. The molecule has 20 heavy (non-hydrogen) atoms. The molecule has 0 aliphatic rings. The van der Waals surface area contributed by atoms with Crippen LogP contribution in [-0.4, -0.2) is 22.2 Å². The zero-order valence-corrected chi connectivity index (χ0v) is 12.3. The van der Waals surface area contributed by atoms with Gasteiger partial charge >= 0.3 is 0 Å². The SMILES string of the molecule is CC(C)(O)C(C)(C)NC(=O)/C=C/c1cccc(C#N)c1. The summed E-state index contributed by atoms with van der Waals surface area (Å²) in [6, 6.07) is 9.02. The summed E-state index contributed by atoms with van der Waals surface area (Å²) >= 11 is 0. The van der Waals surface area contributed by atoms with E-state index in [1.165, 1.54) is 6.08 Å². The van der Waals surface area contributed by atoms with Gasteiger partial charge in [0.25, 0.3) is 0 Å². The van der Waals surface area contributed by atoms with Gasteiger partial charge in [0.05, 0.1) is 22.8 Å². The fourth-order valence-electron chi connectivity index (χ4n) is 1.39. The molecule has 0 heterocycles. The van der Waals surface area contributed by atoms with E-state index >= 15 is 0 Å². The number of nitriles is 1. The van der Waals surface area contributed by atoms with Crippen molar-refractivity contribution in [3.8, 4) is 6.07 Å². The van der Waals surface area contributed by atoms with Crippen molar-refractivity contribution < 1.29 is 9.90 Å². The molecule has 0 unspecified atom stereocenters. The molecular formula is C16H20N2O2. The Kier molecular flexibility index (Phi) is 4.69. The van der Waals surface area contributed by atoms with Crippen LogP contribution in [0.15, 0.2) is 30.3 Å². The molecule has 1 rings (SSSR count). The standard InChI is InChI=1S/C16H20N2O2/c1-15(2,16(3,4)20)18-14(19)9-8-12-6-5-7-13(10-12)11-17/h5-10,20H,1-4H3,(H,18,19)/b9-8+. The lowest BCUT2D eigenvalue weighted by atomic mass is 9.86. The minimum atomic E-state index is -1.03. The van der Waals surface area contributed by atoms with E-state index in [1.54, 1.807) is 52.0 Å². The Labute approximate surface area is 119 Å². The van der Waals surface area contributed by atoms with Crippen molar-refractivity contribution in [2.45, 2.75) is 38.8 Å². The molecular weight excluding hydrogens is 252 g/mol. The lowest BCUT2D eigenvalue weighted by molar-refractivity contribution is -0.121. The third kappa shape index (κ3) is 4.22. The van der Waals surface area contributed by atoms with E-state index in [9.17, 15) is 9.90 Å². The van der Waals surface area contributed by atoms with Gasteiger partial charge in [-0.15, -0.1) is 0 Å². The molecule has 0 aliphatic carbocycles. The first-order valence-electron chi connectivity index (χ1n) is 6.38. The molecule has 0 spiro atoms. The fraction of sp³-hybridized carbons (Fsp3) is 0.375. The first kappa shape index (κ1) is 15.9. The molecule has 4 heteroatoms. The lowest BCUT2D eigenvalue weighted by Gasteiger charge is -2.37. The van der Waals surface area contributed by atoms with Gasteiger partial charge in [0.15, 0.2) is 0 Å². The van der Waals surface area contributed by atoms with Gasteiger partial charge in [0.1, 0.15) is 0 Å². The Balaban J connectivity index is 2.76. The summed E-state index contributed by atoms with van der Waals surface area (Å²) in [7, 11) is 0. The first-order valence-corrected chi connectivity index (χ1v) is 6.38. The number of amides is 1. The fourth-order valence-corrected chi connectivity index (χ4v) is 1.39. The number of benzene rings is 1. The van der Waals surface area contributed by atoms with Crippen LogP contribution in [0.4, 0.5) is 0 Å². The molecule has 0 radical (unpaired) electrons. The maximum atomic E-state index is 11.9. The Morgan fingerprint density at radius 1 is 1.35 bits per heavy atom. The summed E-state index contributed by atoms with van der Waals surface area (Å²) in [5, 5.41) is 21.5. The predicted molar refractivity (Wildman–Crippen MR) is 78.7 cm³/mol. The predicted octanol–water partition coefficient (Wildman–Crippen LogP) is 2.24. The van der Waals surface area contributed by atoms with Crippen LogP contribution in [0.2, 0.25) is 0 Å². The average Bonchev–Trinajstić information content (AvgIpc) is 2.35. The van der Waals surface area contributed by atoms with Crippen LogP contribution in [0.5, 0.6) is 0 Å². The van der Waals surface area contributed by atoms with Crippen LogP contribution in [0.3, 0.4) is 0 Å². The normalized spacial score (nSPS) is 12.2. The number of nitrogens with one attached hydrogen (secondary N) is 1. The molecule has 1 aromatic carbocycles. The van der Waals surface area contributed by atoms with Crippen LogP contribution in [0.1, 0.15) is 38.8 Å². The van der Waals surface area contributed by atoms with Gasteiger partial charge in [0, 0.05) is 6.08 Å². The number of rotatable bonds is 4. The number of hydrogen-bond donors (Lipinski definition) is 2. The first-order chi connectivity index (χ1) is 9.15. The largest absolute Gasteiger partial charge is 0.388 e. The summed E-state index contributed by atoms with van der Waals surface area (Å²) in [5.41, 5.74) is -0.454. The number of carbonyl (C=O) groups excluding carboxylic acids is 1. The zero-order valence-electron chi connectivity index (χ0n) is 12.3. The van der Waals surface area contributed by atoms with E-state index in [4.69, 9.17) is 5.26 Å². The van der Waals surface area contributed by atoms with Gasteiger partial charge in [0.2, 0.25) is 5.91 Å². The molecule has 0 atom stereocenters. The smallest absolute Gasteiger partial charge is 0.244 e. The topological polar surface area (TPSA) is 73.1 Å². The van der Waals surface area contributed by atoms with Crippen LogP contribution in [0, 0.1) is 11.3 Å². The number of nitrogens with zero attached hydrogens (tertiary/aromatic N) is 1. The third-order valence-corrected chi connectivity index (χ3v) is 3.41. The summed E-state index contributed by atoms with van der Waals surface area (Å²) < 4.78 is 0. The van der Waals surface area contributed by atoms with E-state index in [0.717, 1.165) is 5.56 Å². The van der Waals surface area contributed by atoms with Crippen LogP contribution >= 0.6 is 0 Å². The highest BCUT2D eigenvalue weighted by Gasteiger charge is 2.35. The van der Waals surface area contributed by atoms with Crippen molar-refractivity contribution in [2.75, 3.05) is 0 Å². The molecule has 0 aliphatic heterocycles. The van der Waals surface area contributed by atoms with Gasteiger partial charge in [-0.25, -0.2) is 0 Å². The summed E-state index contributed by atoms with van der Waals surface area (Å²) in [6.45, 7) is 6.81. The zero-order chi connectivity index (χ0) is 15.4. The molecule has 1 amide bonds.